The van der Waals surface area contributed by atoms with Gasteiger partial charge < -0.3 is 9.88 Å². The minimum absolute atomic E-state index is 0.754. The van der Waals surface area contributed by atoms with Crippen LogP contribution in [-0.2, 0) is 6.54 Å². The highest BCUT2D eigenvalue weighted by Gasteiger charge is 2.13. The van der Waals surface area contributed by atoms with Crippen LogP contribution in [0.1, 0.15) is 25.7 Å². The van der Waals surface area contributed by atoms with Crippen molar-refractivity contribution in [3.05, 3.63) is 30.6 Å². The van der Waals surface area contributed by atoms with E-state index in [4.69, 9.17) is 0 Å². The van der Waals surface area contributed by atoms with Crippen LogP contribution in [0.25, 0.3) is 11.0 Å². The second-order valence-electron chi connectivity index (χ2n) is 4.86. The van der Waals surface area contributed by atoms with Crippen LogP contribution in [0.5, 0.6) is 0 Å². The Kier molecular flexibility index (Phi) is 3.10. The third-order valence-corrected chi connectivity index (χ3v) is 3.67. The fourth-order valence-electron chi connectivity index (χ4n) is 2.71. The van der Waals surface area contributed by atoms with E-state index >= 15 is 0 Å². The monoisotopic (exact) mass is 229 g/mol. The molecule has 90 valence electrons. The van der Waals surface area contributed by atoms with Gasteiger partial charge in [-0.15, -0.1) is 0 Å². The van der Waals surface area contributed by atoms with E-state index < -0.39 is 0 Å². The molecule has 3 nitrogen and oxygen atoms in total. The minimum Gasteiger partial charge on any atom is -0.329 e. The van der Waals surface area contributed by atoms with Crippen molar-refractivity contribution in [2.75, 3.05) is 6.54 Å². The fraction of sp³-hybridized carbons (Fsp3) is 0.500. The first kappa shape index (κ1) is 10.8. The molecule has 1 aromatic heterocycles. The molecule has 1 saturated carbocycles. The largest absolute Gasteiger partial charge is 0.329 e. The average molecular weight is 229 g/mol. The molecule has 0 amide bonds. The number of nitrogens with zero attached hydrogens (tertiary/aromatic N) is 2. The highest BCUT2D eigenvalue weighted by molar-refractivity contribution is 5.74. The first-order chi connectivity index (χ1) is 8.43. The van der Waals surface area contributed by atoms with Crippen LogP contribution in [0.2, 0.25) is 0 Å². The molecule has 3 rings (SSSR count). The molecule has 0 aliphatic heterocycles. The number of fused-ring (bicyclic) bond motifs is 1. The Bertz CT molecular complexity index is 483. The number of rotatable bonds is 4. The van der Waals surface area contributed by atoms with Crippen LogP contribution in [0.3, 0.4) is 0 Å². The number of para-hydroxylation sites is 2. The predicted molar refractivity (Wildman–Crippen MR) is 70.0 cm³/mol. The molecule has 0 spiro atoms. The molecule has 0 bridgehead atoms. The molecule has 3 heteroatoms. The van der Waals surface area contributed by atoms with E-state index in [1.54, 1.807) is 0 Å². The van der Waals surface area contributed by atoms with E-state index in [1.807, 2.05) is 12.4 Å². The van der Waals surface area contributed by atoms with Gasteiger partial charge in [-0.1, -0.05) is 25.0 Å². The molecule has 17 heavy (non-hydrogen) atoms. The Morgan fingerprint density at radius 3 is 2.94 bits per heavy atom. The van der Waals surface area contributed by atoms with Crippen LogP contribution < -0.4 is 5.32 Å². The molecular weight excluding hydrogens is 210 g/mol. The van der Waals surface area contributed by atoms with Gasteiger partial charge in [0.1, 0.15) is 0 Å². The van der Waals surface area contributed by atoms with Crippen molar-refractivity contribution in [1.82, 2.24) is 14.9 Å². The normalized spacial score (nSPS) is 16.9. The Labute approximate surface area is 102 Å². The van der Waals surface area contributed by atoms with Crippen molar-refractivity contribution in [3.63, 3.8) is 0 Å². The molecule has 1 aliphatic carbocycles. The van der Waals surface area contributed by atoms with Gasteiger partial charge in [-0.3, -0.25) is 0 Å². The van der Waals surface area contributed by atoms with Crippen LogP contribution >= 0.6 is 0 Å². The molecule has 0 atom stereocenters. The van der Waals surface area contributed by atoms with E-state index in [0.717, 1.165) is 24.6 Å². The lowest BCUT2D eigenvalue weighted by Gasteiger charge is -2.12. The van der Waals surface area contributed by atoms with Crippen molar-refractivity contribution in [1.29, 1.82) is 0 Å². The van der Waals surface area contributed by atoms with Gasteiger partial charge in [0.2, 0.25) is 0 Å². The first-order valence-corrected chi connectivity index (χ1v) is 6.57. The Morgan fingerprint density at radius 1 is 1.24 bits per heavy atom. The molecule has 1 N–H and O–H groups in total. The zero-order chi connectivity index (χ0) is 11.5. The molecular formula is C14H19N3. The second-order valence-corrected chi connectivity index (χ2v) is 4.86. The zero-order valence-corrected chi connectivity index (χ0v) is 10.1. The number of nitrogens with one attached hydrogen (secondary N) is 1. The summed E-state index contributed by atoms with van der Waals surface area (Å²) in [5.41, 5.74) is 2.33. The smallest absolute Gasteiger partial charge is 0.0958 e. The first-order valence-electron chi connectivity index (χ1n) is 6.57. The molecule has 1 fully saturated rings. The lowest BCUT2D eigenvalue weighted by molar-refractivity contribution is 0.500. The van der Waals surface area contributed by atoms with Gasteiger partial charge in [-0.05, 0) is 25.0 Å². The predicted octanol–water partition coefficient (Wildman–Crippen LogP) is 2.57. The Morgan fingerprint density at radius 2 is 2.06 bits per heavy atom. The van der Waals surface area contributed by atoms with Crippen molar-refractivity contribution in [2.24, 2.45) is 0 Å². The lowest BCUT2D eigenvalue weighted by Crippen LogP contribution is -2.29. The Hall–Kier alpha value is -1.35. The number of hydrogen-bond donors (Lipinski definition) is 1. The number of hydrogen-bond acceptors (Lipinski definition) is 2. The fourth-order valence-corrected chi connectivity index (χ4v) is 2.71. The van der Waals surface area contributed by atoms with Crippen LogP contribution in [0, 0.1) is 0 Å². The Balaban J connectivity index is 1.60. The third-order valence-electron chi connectivity index (χ3n) is 3.67. The van der Waals surface area contributed by atoms with Crippen LogP contribution in [-0.4, -0.2) is 22.1 Å². The molecule has 0 saturated heterocycles. The number of benzene rings is 1. The van der Waals surface area contributed by atoms with Crippen molar-refractivity contribution in [3.8, 4) is 0 Å². The quantitative estimate of drug-likeness (QED) is 0.873. The standard InChI is InChI=1S/C14H19N3/c1-2-6-12(5-1)15-9-10-17-11-16-13-7-3-4-8-14(13)17/h3-4,7-8,11-12,15H,1-2,5-6,9-10H2. The minimum atomic E-state index is 0.754. The third kappa shape index (κ3) is 2.34. The zero-order valence-electron chi connectivity index (χ0n) is 10.1. The van der Waals surface area contributed by atoms with Crippen molar-refractivity contribution < 1.29 is 0 Å². The topological polar surface area (TPSA) is 29.9 Å². The van der Waals surface area contributed by atoms with Gasteiger partial charge in [0.25, 0.3) is 0 Å². The molecule has 1 aliphatic rings. The molecule has 2 aromatic rings. The maximum absolute atomic E-state index is 4.40. The van der Waals surface area contributed by atoms with Crippen LogP contribution in [0.15, 0.2) is 30.6 Å². The maximum Gasteiger partial charge on any atom is 0.0958 e. The van der Waals surface area contributed by atoms with E-state index in [2.05, 4.69) is 33.1 Å². The number of imidazole rings is 1. The summed E-state index contributed by atoms with van der Waals surface area (Å²) in [6.45, 7) is 2.06. The summed E-state index contributed by atoms with van der Waals surface area (Å²) in [4.78, 5) is 4.40. The molecule has 1 heterocycles. The van der Waals surface area contributed by atoms with Gasteiger partial charge in [0.05, 0.1) is 17.4 Å². The van der Waals surface area contributed by atoms with Gasteiger partial charge >= 0.3 is 0 Å². The summed E-state index contributed by atoms with van der Waals surface area (Å²) in [5, 5.41) is 3.64. The summed E-state index contributed by atoms with van der Waals surface area (Å²) in [6, 6.07) is 9.07. The van der Waals surface area contributed by atoms with E-state index in [0.29, 0.717) is 0 Å². The molecule has 0 radical (unpaired) electrons. The highest BCUT2D eigenvalue weighted by atomic mass is 15.1. The number of aromatic nitrogens is 2. The van der Waals surface area contributed by atoms with Crippen molar-refractivity contribution in [2.45, 2.75) is 38.3 Å². The van der Waals surface area contributed by atoms with Crippen LogP contribution in [0.4, 0.5) is 0 Å². The highest BCUT2D eigenvalue weighted by Crippen LogP contribution is 2.17. The summed E-state index contributed by atoms with van der Waals surface area (Å²) in [5.74, 6) is 0. The van der Waals surface area contributed by atoms with E-state index in [9.17, 15) is 0 Å². The van der Waals surface area contributed by atoms with Gasteiger partial charge in [0.15, 0.2) is 0 Å². The van der Waals surface area contributed by atoms with Crippen molar-refractivity contribution >= 4 is 11.0 Å². The molecule has 1 aromatic carbocycles. The lowest BCUT2D eigenvalue weighted by atomic mass is 10.2. The summed E-state index contributed by atoms with van der Waals surface area (Å²) >= 11 is 0. The maximum atomic E-state index is 4.40. The second kappa shape index (κ2) is 4.88. The van der Waals surface area contributed by atoms with Gasteiger partial charge in [-0.25, -0.2) is 4.98 Å². The summed E-state index contributed by atoms with van der Waals surface area (Å²) < 4.78 is 2.23. The summed E-state index contributed by atoms with van der Waals surface area (Å²) in [7, 11) is 0. The SMILES string of the molecule is c1ccc2c(c1)ncn2CCNC1CCCC1. The summed E-state index contributed by atoms with van der Waals surface area (Å²) in [6.07, 6.45) is 7.44. The molecule has 0 unspecified atom stereocenters. The van der Waals surface area contributed by atoms with Gasteiger partial charge in [-0.2, -0.15) is 0 Å². The van der Waals surface area contributed by atoms with E-state index in [1.165, 1.54) is 31.2 Å². The average Bonchev–Trinajstić information content (AvgIpc) is 2.99. The van der Waals surface area contributed by atoms with Gasteiger partial charge in [0, 0.05) is 19.1 Å². The van der Waals surface area contributed by atoms with E-state index in [-0.39, 0.29) is 0 Å².